The van der Waals surface area contributed by atoms with E-state index in [1.807, 2.05) is 30.3 Å². The summed E-state index contributed by atoms with van der Waals surface area (Å²) in [4.78, 5) is 24.0. The van der Waals surface area contributed by atoms with E-state index in [1.165, 1.54) is 0 Å². The molecule has 2 aliphatic rings. The zero-order valence-electron chi connectivity index (χ0n) is 14.3. The Labute approximate surface area is 147 Å². The molecule has 2 atom stereocenters. The number of carbonyl (C=O) groups excluding carboxylic acids is 1. The highest BCUT2D eigenvalue weighted by Crippen LogP contribution is 2.30. The van der Waals surface area contributed by atoms with Crippen LogP contribution in [0, 0.1) is 5.92 Å². The first-order valence-electron chi connectivity index (χ1n) is 8.88. The maximum atomic E-state index is 12.9. The molecule has 25 heavy (non-hydrogen) atoms. The van der Waals surface area contributed by atoms with Gasteiger partial charge in [0.25, 0.3) is 5.91 Å². The fourth-order valence-corrected chi connectivity index (χ4v) is 3.59. The smallest absolute Gasteiger partial charge is 0.306 e. The van der Waals surface area contributed by atoms with Crippen LogP contribution in [-0.2, 0) is 25.7 Å². The van der Waals surface area contributed by atoms with E-state index in [2.05, 4.69) is 5.32 Å². The summed E-state index contributed by atoms with van der Waals surface area (Å²) in [5.74, 6) is -1.28. The van der Waals surface area contributed by atoms with Crippen LogP contribution in [0.5, 0.6) is 0 Å². The molecule has 6 nitrogen and oxygen atoms in total. The van der Waals surface area contributed by atoms with Crippen molar-refractivity contribution in [3.63, 3.8) is 0 Å². The monoisotopic (exact) mass is 347 g/mol. The van der Waals surface area contributed by atoms with Crippen molar-refractivity contribution in [3.05, 3.63) is 35.9 Å². The standard InChI is InChI=1S/C19H25NO5/c21-17(22)15-6-7-16(12-15)20-18(23)19(8-10-24-11-9-19)25-13-14-4-2-1-3-5-14/h1-5,15-16H,6-13H2,(H,20,23)(H,21,22)/t15-,16+/m0/s1. The summed E-state index contributed by atoms with van der Waals surface area (Å²) in [5.41, 5.74) is 0.128. The quantitative estimate of drug-likeness (QED) is 0.823. The second kappa shape index (κ2) is 7.97. The molecule has 0 aromatic heterocycles. The average molecular weight is 347 g/mol. The molecule has 1 amide bonds. The lowest BCUT2D eigenvalue weighted by molar-refractivity contribution is -0.164. The molecule has 6 heteroatoms. The van der Waals surface area contributed by atoms with Crippen LogP contribution in [0.15, 0.2) is 30.3 Å². The average Bonchev–Trinajstić information content (AvgIpc) is 3.10. The lowest BCUT2D eigenvalue weighted by Gasteiger charge is -2.36. The summed E-state index contributed by atoms with van der Waals surface area (Å²) in [6.45, 7) is 1.35. The van der Waals surface area contributed by atoms with Gasteiger partial charge in [0.15, 0.2) is 5.60 Å². The number of aliphatic carboxylic acids is 1. The second-order valence-electron chi connectivity index (χ2n) is 6.90. The van der Waals surface area contributed by atoms with Crippen molar-refractivity contribution in [3.8, 4) is 0 Å². The van der Waals surface area contributed by atoms with Gasteiger partial charge in [-0.25, -0.2) is 0 Å². The van der Waals surface area contributed by atoms with Gasteiger partial charge in [0.1, 0.15) is 0 Å². The molecule has 1 saturated carbocycles. The summed E-state index contributed by atoms with van der Waals surface area (Å²) in [5, 5.41) is 12.1. The number of carboxylic acids is 1. The zero-order chi connectivity index (χ0) is 17.7. The Morgan fingerprint density at radius 2 is 1.92 bits per heavy atom. The molecule has 1 aliphatic carbocycles. The fraction of sp³-hybridized carbons (Fsp3) is 0.579. The first kappa shape index (κ1) is 17.9. The van der Waals surface area contributed by atoms with Gasteiger partial charge in [-0.1, -0.05) is 30.3 Å². The van der Waals surface area contributed by atoms with Crippen molar-refractivity contribution in [2.45, 2.75) is 50.4 Å². The minimum Gasteiger partial charge on any atom is -0.481 e. The van der Waals surface area contributed by atoms with Crippen LogP contribution in [0.25, 0.3) is 0 Å². The Hall–Kier alpha value is -1.92. The number of benzene rings is 1. The highest BCUT2D eigenvalue weighted by Gasteiger charge is 2.43. The van der Waals surface area contributed by atoms with Gasteiger partial charge in [-0.05, 0) is 24.8 Å². The summed E-state index contributed by atoms with van der Waals surface area (Å²) >= 11 is 0. The van der Waals surface area contributed by atoms with Crippen molar-refractivity contribution in [2.24, 2.45) is 5.92 Å². The van der Waals surface area contributed by atoms with Gasteiger partial charge in [-0.2, -0.15) is 0 Å². The predicted molar refractivity (Wildman–Crippen MR) is 90.9 cm³/mol. The summed E-state index contributed by atoms with van der Waals surface area (Å²) in [6.07, 6.45) is 2.84. The van der Waals surface area contributed by atoms with Crippen LogP contribution in [0.4, 0.5) is 0 Å². The molecule has 1 saturated heterocycles. The van der Waals surface area contributed by atoms with Crippen LogP contribution in [0.1, 0.15) is 37.7 Å². The predicted octanol–water partition coefficient (Wildman–Crippen LogP) is 2.12. The fourth-order valence-electron chi connectivity index (χ4n) is 3.59. The summed E-state index contributed by atoms with van der Waals surface area (Å²) < 4.78 is 11.5. The Balaban J connectivity index is 1.63. The van der Waals surface area contributed by atoms with E-state index in [9.17, 15) is 9.59 Å². The third-order valence-corrected chi connectivity index (χ3v) is 5.19. The van der Waals surface area contributed by atoms with Crippen molar-refractivity contribution in [2.75, 3.05) is 13.2 Å². The summed E-state index contributed by atoms with van der Waals surface area (Å²) in [7, 11) is 0. The number of hydrogen-bond acceptors (Lipinski definition) is 4. The van der Waals surface area contributed by atoms with Crippen molar-refractivity contribution < 1.29 is 24.2 Å². The minimum atomic E-state index is -0.893. The normalized spacial score (nSPS) is 25.4. The molecule has 136 valence electrons. The number of nitrogens with one attached hydrogen (secondary N) is 1. The third kappa shape index (κ3) is 4.38. The number of rotatable bonds is 6. The van der Waals surface area contributed by atoms with E-state index in [0.29, 0.717) is 51.9 Å². The first-order chi connectivity index (χ1) is 12.1. The van der Waals surface area contributed by atoms with E-state index in [0.717, 1.165) is 5.56 Å². The minimum absolute atomic E-state index is 0.0892. The maximum absolute atomic E-state index is 12.9. The van der Waals surface area contributed by atoms with Gasteiger partial charge in [-0.15, -0.1) is 0 Å². The zero-order valence-corrected chi connectivity index (χ0v) is 14.3. The number of hydrogen-bond donors (Lipinski definition) is 2. The van der Waals surface area contributed by atoms with Gasteiger partial charge < -0.3 is 19.9 Å². The lowest BCUT2D eigenvalue weighted by atomic mass is 9.92. The van der Waals surface area contributed by atoms with Crippen LogP contribution in [-0.4, -0.2) is 41.8 Å². The van der Waals surface area contributed by atoms with E-state index in [-0.39, 0.29) is 17.9 Å². The highest BCUT2D eigenvalue weighted by atomic mass is 16.5. The highest BCUT2D eigenvalue weighted by molar-refractivity contribution is 5.85. The largest absolute Gasteiger partial charge is 0.481 e. The SMILES string of the molecule is O=C(O)[C@H]1CC[C@@H](NC(=O)C2(OCc3ccccc3)CCOCC2)C1. The van der Waals surface area contributed by atoms with Gasteiger partial charge in [0, 0.05) is 32.1 Å². The molecule has 3 rings (SSSR count). The van der Waals surface area contributed by atoms with Crippen molar-refractivity contribution in [1.82, 2.24) is 5.32 Å². The molecule has 0 radical (unpaired) electrons. The Kier molecular flexibility index (Phi) is 5.71. The van der Waals surface area contributed by atoms with Crippen molar-refractivity contribution in [1.29, 1.82) is 0 Å². The molecule has 1 aromatic rings. The number of ether oxygens (including phenoxy) is 2. The van der Waals surface area contributed by atoms with Crippen LogP contribution in [0.2, 0.25) is 0 Å². The van der Waals surface area contributed by atoms with E-state index >= 15 is 0 Å². The van der Waals surface area contributed by atoms with E-state index in [4.69, 9.17) is 14.6 Å². The number of carbonyl (C=O) groups is 2. The topological polar surface area (TPSA) is 84.9 Å². The van der Waals surface area contributed by atoms with Crippen LogP contribution < -0.4 is 5.32 Å². The molecule has 0 unspecified atom stereocenters. The van der Waals surface area contributed by atoms with Crippen LogP contribution >= 0.6 is 0 Å². The number of carboxylic acid groups (broad SMARTS) is 1. The van der Waals surface area contributed by atoms with Gasteiger partial charge >= 0.3 is 5.97 Å². The first-order valence-corrected chi connectivity index (χ1v) is 8.88. The molecule has 0 spiro atoms. The molecule has 0 bridgehead atoms. The van der Waals surface area contributed by atoms with Gasteiger partial charge in [0.2, 0.25) is 0 Å². The maximum Gasteiger partial charge on any atom is 0.306 e. The van der Waals surface area contributed by atoms with Crippen LogP contribution in [0.3, 0.4) is 0 Å². The lowest BCUT2D eigenvalue weighted by Crippen LogP contribution is -2.54. The molecular weight excluding hydrogens is 322 g/mol. The Morgan fingerprint density at radius 1 is 1.20 bits per heavy atom. The molecular formula is C19H25NO5. The molecule has 1 aliphatic heterocycles. The summed E-state index contributed by atoms with van der Waals surface area (Å²) in [6, 6.07) is 9.69. The van der Waals surface area contributed by atoms with E-state index < -0.39 is 11.6 Å². The Bertz CT molecular complexity index is 597. The second-order valence-corrected chi connectivity index (χ2v) is 6.90. The van der Waals surface area contributed by atoms with E-state index in [1.54, 1.807) is 0 Å². The van der Waals surface area contributed by atoms with Crippen molar-refractivity contribution >= 4 is 11.9 Å². The molecule has 1 heterocycles. The Morgan fingerprint density at radius 3 is 2.56 bits per heavy atom. The number of amides is 1. The molecule has 2 N–H and O–H groups in total. The van der Waals surface area contributed by atoms with Gasteiger partial charge in [0.05, 0.1) is 12.5 Å². The molecule has 1 aromatic carbocycles. The molecule has 2 fully saturated rings. The third-order valence-electron chi connectivity index (χ3n) is 5.19. The van der Waals surface area contributed by atoms with Gasteiger partial charge in [-0.3, -0.25) is 9.59 Å².